The van der Waals surface area contributed by atoms with Crippen molar-refractivity contribution in [3.8, 4) is 0 Å². The maximum atomic E-state index is 11.7. The molecule has 0 N–H and O–H groups in total. The Labute approximate surface area is 83.8 Å². The van der Waals surface area contributed by atoms with Crippen LogP contribution < -0.4 is 0 Å². The van der Waals surface area contributed by atoms with Crippen molar-refractivity contribution in [2.24, 2.45) is 5.41 Å². The summed E-state index contributed by atoms with van der Waals surface area (Å²) in [6.45, 7) is -0.903. The van der Waals surface area contributed by atoms with E-state index in [9.17, 15) is 13.2 Å². The molecule has 1 rings (SSSR count). The molecule has 0 spiro atoms. The molecule has 0 heterocycles. The van der Waals surface area contributed by atoms with Gasteiger partial charge in [0.05, 0.1) is 6.61 Å². The molecule has 1 fully saturated rings. The topological polar surface area (TPSA) is 9.23 Å². The van der Waals surface area contributed by atoms with Crippen LogP contribution in [0.15, 0.2) is 0 Å². The van der Waals surface area contributed by atoms with Gasteiger partial charge in [-0.3, -0.25) is 0 Å². The quantitative estimate of drug-likeness (QED) is 0.706. The second-order valence-corrected chi connectivity index (χ2v) is 4.16. The van der Waals surface area contributed by atoms with E-state index in [-0.39, 0.29) is 12.0 Å². The van der Waals surface area contributed by atoms with Crippen LogP contribution >= 0.6 is 15.9 Å². The van der Waals surface area contributed by atoms with Gasteiger partial charge in [-0.15, -0.1) is 0 Å². The SMILES string of the molecule is FC(F)(F)COCC1(CBr)CCC1. The Morgan fingerprint density at radius 2 is 1.92 bits per heavy atom. The Kier molecular flexibility index (Phi) is 3.63. The monoisotopic (exact) mass is 260 g/mol. The number of halogens is 4. The molecule has 1 nitrogen and oxygen atoms in total. The molecule has 0 aliphatic heterocycles. The van der Waals surface area contributed by atoms with Crippen LogP contribution in [0.25, 0.3) is 0 Å². The second-order valence-electron chi connectivity index (χ2n) is 3.60. The van der Waals surface area contributed by atoms with E-state index in [0.717, 1.165) is 24.6 Å². The number of ether oxygens (including phenoxy) is 1. The summed E-state index contributed by atoms with van der Waals surface area (Å²) in [6, 6.07) is 0. The summed E-state index contributed by atoms with van der Waals surface area (Å²) in [5.41, 5.74) is -0.0226. The normalized spacial score (nSPS) is 21.2. The summed E-state index contributed by atoms with van der Waals surface area (Å²) >= 11 is 3.30. The first-order chi connectivity index (χ1) is 5.97. The largest absolute Gasteiger partial charge is 0.411 e. The van der Waals surface area contributed by atoms with Crippen molar-refractivity contribution in [1.82, 2.24) is 0 Å². The molecule has 13 heavy (non-hydrogen) atoms. The van der Waals surface area contributed by atoms with Crippen molar-refractivity contribution in [3.05, 3.63) is 0 Å². The summed E-state index contributed by atoms with van der Waals surface area (Å²) in [5, 5.41) is 0.734. The van der Waals surface area contributed by atoms with Crippen LogP contribution in [0.2, 0.25) is 0 Å². The van der Waals surface area contributed by atoms with Gasteiger partial charge in [0.2, 0.25) is 0 Å². The fraction of sp³-hybridized carbons (Fsp3) is 1.00. The molecule has 78 valence electrons. The lowest BCUT2D eigenvalue weighted by Gasteiger charge is -2.40. The predicted octanol–water partition coefficient (Wildman–Crippen LogP) is 3.13. The van der Waals surface area contributed by atoms with Gasteiger partial charge in [0, 0.05) is 10.7 Å². The van der Waals surface area contributed by atoms with Crippen molar-refractivity contribution in [2.45, 2.75) is 25.4 Å². The zero-order chi connectivity index (χ0) is 9.95. The number of hydrogen-bond donors (Lipinski definition) is 0. The molecule has 0 aromatic rings. The van der Waals surface area contributed by atoms with E-state index in [4.69, 9.17) is 0 Å². The van der Waals surface area contributed by atoms with E-state index in [0.29, 0.717) is 0 Å². The Morgan fingerprint density at radius 3 is 2.23 bits per heavy atom. The maximum absolute atomic E-state index is 11.7. The van der Waals surface area contributed by atoms with Gasteiger partial charge in [0.15, 0.2) is 0 Å². The van der Waals surface area contributed by atoms with Crippen molar-refractivity contribution in [1.29, 1.82) is 0 Å². The van der Waals surface area contributed by atoms with Gasteiger partial charge in [-0.25, -0.2) is 0 Å². The molecule has 1 saturated carbocycles. The molecule has 1 aliphatic carbocycles. The van der Waals surface area contributed by atoms with E-state index in [2.05, 4.69) is 20.7 Å². The summed E-state index contributed by atoms with van der Waals surface area (Å²) in [5.74, 6) is 0. The highest BCUT2D eigenvalue weighted by molar-refractivity contribution is 9.09. The highest BCUT2D eigenvalue weighted by atomic mass is 79.9. The van der Waals surface area contributed by atoms with E-state index >= 15 is 0 Å². The molecule has 1 aliphatic rings. The molecule has 0 aromatic heterocycles. The fourth-order valence-electron chi connectivity index (χ4n) is 1.38. The molecule has 0 bridgehead atoms. The van der Waals surface area contributed by atoms with Crippen LogP contribution in [0, 0.1) is 5.41 Å². The average Bonchev–Trinajstić information content (AvgIpc) is 1.92. The smallest absolute Gasteiger partial charge is 0.371 e. The zero-order valence-electron chi connectivity index (χ0n) is 7.16. The predicted molar refractivity (Wildman–Crippen MR) is 47.0 cm³/mol. The third kappa shape index (κ3) is 3.46. The third-order valence-corrected chi connectivity index (χ3v) is 3.56. The Bertz CT molecular complexity index is 160. The van der Waals surface area contributed by atoms with Gasteiger partial charge in [-0.05, 0) is 12.8 Å². The van der Waals surface area contributed by atoms with E-state index in [1.54, 1.807) is 0 Å². The summed E-state index contributed by atoms with van der Waals surface area (Å²) in [7, 11) is 0. The summed E-state index contributed by atoms with van der Waals surface area (Å²) < 4.78 is 39.8. The molecular weight excluding hydrogens is 249 g/mol. The van der Waals surface area contributed by atoms with Crippen molar-refractivity contribution >= 4 is 15.9 Å². The van der Waals surface area contributed by atoms with Crippen LogP contribution in [0.4, 0.5) is 13.2 Å². The lowest BCUT2D eigenvalue weighted by molar-refractivity contribution is -0.183. The second kappa shape index (κ2) is 4.17. The van der Waals surface area contributed by atoms with Crippen molar-refractivity contribution in [3.63, 3.8) is 0 Å². The highest BCUT2D eigenvalue weighted by Crippen LogP contribution is 2.42. The molecule has 0 amide bonds. The van der Waals surface area contributed by atoms with E-state index < -0.39 is 12.8 Å². The van der Waals surface area contributed by atoms with Crippen LogP contribution in [-0.2, 0) is 4.74 Å². The molecule has 0 saturated heterocycles. The molecule has 0 aromatic carbocycles. The average molecular weight is 261 g/mol. The van der Waals surface area contributed by atoms with Crippen LogP contribution in [0.1, 0.15) is 19.3 Å². The lowest BCUT2D eigenvalue weighted by atomic mass is 9.71. The Balaban J connectivity index is 2.18. The third-order valence-electron chi connectivity index (χ3n) is 2.37. The van der Waals surface area contributed by atoms with Gasteiger partial charge in [0.25, 0.3) is 0 Å². The van der Waals surface area contributed by atoms with Gasteiger partial charge >= 0.3 is 6.18 Å². The van der Waals surface area contributed by atoms with Crippen molar-refractivity contribution < 1.29 is 17.9 Å². The number of alkyl halides is 4. The molecular formula is C8H12BrF3O. The first-order valence-electron chi connectivity index (χ1n) is 4.18. The highest BCUT2D eigenvalue weighted by Gasteiger charge is 2.37. The maximum Gasteiger partial charge on any atom is 0.411 e. The minimum absolute atomic E-state index is 0.0226. The van der Waals surface area contributed by atoms with Gasteiger partial charge in [-0.1, -0.05) is 22.4 Å². The van der Waals surface area contributed by atoms with Gasteiger partial charge in [-0.2, -0.15) is 13.2 Å². The lowest BCUT2D eigenvalue weighted by Crippen LogP contribution is -2.37. The fourth-order valence-corrected chi connectivity index (χ4v) is 2.10. The molecule has 0 radical (unpaired) electrons. The molecule has 0 unspecified atom stereocenters. The van der Waals surface area contributed by atoms with Crippen LogP contribution in [0.5, 0.6) is 0 Å². The van der Waals surface area contributed by atoms with Crippen LogP contribution in [0.3, 0.4) is 0 Å². The number of rotatable bonds is 4. The van der Waals surface area contributed by atoms with Gasteiger partial charge in [0.1, 0.15) is 6.61 Å². The van der Waals surface area contributed by atoms with Crippen molar-refractivity contribution in [2.75, 3.05) is 18.5 Å². The van der Waals surface area contributed by atoms with E-state index in [1.165, 1.54) is 0 Å². The summed E-state index contributed by atoms with van der Waals surface area (Å²) in [4.78, 5) is 0. The first-order valence-corrected chi connectivity index (χ1v) is 5.30. The Hall–Kier alpha value is 0.230. The number of hydrogen-bond acceptors (Lipinski definition) is 1. The minimum Gasteiger partial charge on any atom is -0.371 e. The van der Waals surface area contributed by atoms with E-state index in [1.807, 2.05) is 0 Å². The summed E-state index contributed by atoms with van der Waals surface area (Å²) in [6.07, 6.45) is -1.16. The first kappa shape index (κ1) is 11.3. The van der Waals surface area contributed by atoms with Gasteiger partial charge < -0.3 is 4.74 Å². The molecule has 0 atom stereocenters. The molecule has 5 heteroatoms. The van der Waals surface area contributed by atoms with Crippen LogP contribution in [-0.4, -0.2) is 24.7 Å². The zero-order valence-corrected chi connectivity index (χ0v) is 8.75. The standard InChI is InChI=1S/C8H12BrF3O/c9-4-7(2-1-3-7)5-13-6-8(10,11)12/h1-6H2. The minimum atomic E-state index is -4.20. The Morgan fingerprint density at radius 1 is 1.31 bits per heavy atom.